The first-order valence-electron chi connectivity index (χ1n) is 7.42. The molecule has 0 spiro atoms. The highest BCUT2D eigenvalue weighted by atomic mass is 32.2. The summed E-state index contributed by atoms with van der Waals surface area (Å²) in [7, 11) is -2.32. The van der Waals surface area contributed by atoms with Crippen LogP contribution in [0.2, 0.25) is 0 Å². The minimum atomic E-state index is -3.88. The molecule has 1 aromatic carbocycles. The molecule has 1 aromatic heterocycles. The van der Waals surface area contributed by atoms with Crippen LogP contribution in [0.25, 0.3) is 0 Å². The van der Waals surface area contributed by atoms with E-state index in [1.807, 2.05) is 0 Å². The number of esters is 1. The highest BCUT2D eigenvalue weighted by Gasteiger charge is 2.20. The highest BCUT2D eigenvalue weighted by Crippen LogP contribution is 2.32. The van der Waals surface area contributed by atoms with Gasteiger partial charge >= 0.3 is 5.97 Å². The van der Waals surface area contributed by atoms with Gasteiger partial charge < -0.3 is 14.2 Å². The number of ketones is 1. The van der Waals surface area contributed by atoms with Crippen molar-refractivity contribution in [3.05, 3.63) is 36.2 Å². The van der Waals surface area contributed by atoms with Crippen molar-refractivity contribution in [1.29, 1.82) is 0 Å². The number of fused-ring (bicyclic) bond motifs is 1. The third kappa shape index (κ3) is 4.00. The summed E-state index contributed by atoms with van der Waals surface area (Å²) in [4.78, 5) is 23.7. The van der Waals surface area contributed by atoms with Crippen molar-refractivity contribution < 1.29 is 32.2 Å². The van der Waals surface area contributed by atoms with Gasteiger partial charge in [-0.1, -0.05) is 0 Å². The Hall–Kier alpha value is -2.92. The summed E-state index contributed by atoms with van der Waals surface area (Å²) in [6, 6.07) is 4.60. The Balaban J connectivity index is 1.50. The number of nitrogens with one attached hydrogen (secondary N) is 1. The number of benzene rings is 1. The number of rotatable bonds is 7. The smallest absolute Gasteiger partial charge is 0.321 e. The zero-order valence-corrected chi connectivity index (χ0v) is 14.5. The molecule has 11 heteroatoms. The van der Waals surface area contributed by atoms with E-state index in [2.05, 4.69) is 9.82 Å². The molecule has 0 atom stereocenters. The van der Waals surface area contributed by atoms with Crippen molar-refractivity contribution in [3.8, 4) is 11.5 Å². The minimum Gasteiger partial charge on any atom is -0.456 e. The number of Topliss-reactive ketones (excluding diaryl/α,β-unsaturated/α-hetero) is 1. The van der Waals surface area contributed by atoms with Gasteiger partial charge in [0, 0.05) is 18.8 Å². The van der Waals surface area contributed by atoms with Crippen LogP contribution in [0.15, 0.2) is 35.5 Å². The van der Waals surface area contributed by atoms with Crippen LogP contribution >= 0.6 is 0 Å². The van der Waals surface area contributed by atoms with Gasteiger partial charge in [-0.2, -0.15) is 9.82 Å². The van der Waals surface area contributed by atoms with Crippen molar-refractivity contribution in [1.82, 2.24) is 14.5 Å². The summed E-state index contributed by atoms with van der Waals surface area (Å²) in [6.07, 6.45) is 2.44. The summed E-state index contributed by atoms with van der Waals surface area (Å²) in [5, 5.41) is 3.75. The van der Waals surface area contributed by atoms with E-state index in [4.69, 9.17) is 14.2 Å². The molecule has 0 radical (unpaired) electrons. The van der Waals surface area contributed by atoms with Crippen LogP contribution in [0.4, 0.5) is 0 Å². The lowest BCUT2D eigenvalue weighted by molar-refractivity contribution is -0.141. The maximum absolute atomic E-state index is 12.1. The molecule has 138 valence electrons. The molecule has 0 fully saturated rings. The van der Waals surface area contributed by atoms with Gasteiger partial charge in [0.25, 0.3) is 0 Å². The second kappa shape index (κ2) is 7.14. The van der Waals surface area contributed by atoms with Crippen LogP contribution in [0, 0.1) is 0 Å². The fourth-order valence-electron chi connectivity index (χ4n) is 2.13. The first kappa shape index (κ1) is 17.9. The molecular weight excluding hydrogens is 366 g/mol. The molecule has 0 saturated carbocycles. The molecule has 3 rings (SSSR count). The monoisotopic (exact) mass is 381 g/mol. The Bertz CT molecular complexity index is 952. The molecule has 2 aromatic rings. The van der Waals surface area contributed by atoms with Crippen molar-refractivity contribution in [2.45, 2.75) is 4.90 Å². The third-order valence-corrected chi connectivity index (χ3v) is 4.81. The molecule has 0 unspecified atom stereocenters. The summed E-state index contributed by atoms with van der Waals surface area (Å²) in [6.45, 7) is -1.04. The Labute approximate surface area is 148 Å². The number of hydrogen-bond acceptors (Lipinski definition) is 8. The lowest BCUT2D eigenvalue weighted by Crippen LogP contribution is -2.31. The topological polar surface area (TPSA) is 126 Å². The lowest BCUT2D eigenvalue weighted by atomic mass is 10.1. The molecule has 10 nitrogen and oxygen atoms in total. The SMILES string of the molecule is Cn1cc(S(=O)(=O)NCC(=O)OCC(=O)c2ccc3c(c2)OCO3)cn1. The Morgan fingerprint density at radius 2 is 2.08 bits per heavy atom. The second-order valence-corrected chi connectivity index (χ2v) is 7.09. The van der Waals surface area contributed by atoms with E-state index < -0.39 is 34.9 Å². The van der Waals surface area contributed by atoms with Crippen LogP contribution in [0.3, 0.4) is 0 Å². The van der Waals surface area contributed by atoms with Gasteiger partial charge in [0.05, 0.1) is 6.20 Å². The molecule has 2 heterocycles. The van der Waals surface area contributed by atoms with E-state index >= 15 is 0 Å². The number of carbonyl (C=O) groups is 2. The number of ether oxygens (including phenoxy) is 3. The Kier molecular flexibility index (Phi) is 4.91. The number of sulfonamides is 1. The maximum Gasteiger partial charge on any atom is 0.321 e. The van der Waals surface area contributed by atoms with Gasteiger partial charge in [0.2, 0.25) is 16.8 Å². The largest absolute Gasteiger partial charge is 0.456 e. The zero-order chi connectivity index (χ0) is 18.7. The van der Waals surface area contributed by atoms with Crippen LogP contribution in [-0.2, 0) is 26.6 Å². The normalized spacial score (nSPS) is 12.8. The molecule has 1 N–H and O–H groups in total. The summed E-state index contributed by atoms with van der Waals surface area (Å²) >= 11 is 0. The second-order valence-electron chi connectivity index (χ2n) is 5.33. The van der Waals surface area contributed by atoms with E-state index in [-0.39, 0.29) is 17.3 Å². The quantitative estimate of drug-likeness (QED) is 0.518. The van der Waals surface area contributed by atoms with E-state index in [0.29, 0.717) is 11.5 Å². The predicted molar refractivity (Wildman–Crippen MR) is 86.3 cm³/mol. The van der Waals surface area contributed by atoms with Crippen molar-refractivity contribution in [2.75, 3.05) is 19.9 Å². The first-order chi connectivity index (χ1) is 12.3. The Morgan fingerprint density at radius 3 is 2.81 bits per heavy atom. The number of carbonyl (C=O) groups excluding carboxylic acids is 2. The fraction of sp³-hybridized carbons (Fsp3) is 0.267. The number of hydrogen-bond donors (Lipinski definition) is 1. The van der Waals surface area contributed by atoms with Crippen LogP contribution < -0.4 is 14.2 Å². The van der Waals surface area contributed by atoms with E-state index in [1.165, 1.54) is 23.0 Å². The van der Waals surface area contributed by atoms with Gasteiger partial charge in [-0.15, -0.1) is 0 Å². The van der Waals surface area contributed by atoms with Gasteiger partial charge in [-0.3, -0.25) is 14.3 Å². The predicted octanol–water partition coefficient (Wildman–Crippen LogP) is -0.147. The molecule has 0 aliphatic carbocycles. The van der Waals surface area contributed by atoms with Crippen molar-refractivity contribution in [3.63, 3.8) is 0 Å². The fourth-order valence-corrected chi connectivity index (χ4v) is 3.08. The lowest BCUT2D eigenvalue weighted by Gasteiger charge is -2.06. The molecule has 1 aliphatic rings. The van der Waals surface area contributed by atoms with Crippen LogP contribution in [0.5, 0.6) is 11.5 Å². The van der Waals surface area contributed by atoms with E-state index in [0.717, 1.165) is 6.20 Å². The average molecular weight is 381 g/mol. The van der Waals surface area contributed by atoms with Gasteiger partial charge in [0.1, 0.15) is 11.4 Å². The number of nitrogens with zero attached hydrogens (tertiary/aromatic N) is 2. The third-order valence-electron chi connectivity index (χ3n) is 3.46. The zero-order valence-electron chi connectivity index (χ0n) is 13.7. The first-order valence-corrected chi connectivity index (χ1v) is 8.90. The molecular formula is C15H15N3O7S. The Morgan fingerprint density at radius 1 is 1.31 bits per heavy atom. The van der Waals surface area contributed by atoms with Crippen LogP contribution in [0.1, 0.15) is 10.4 Å². The average Bonchev–Trinajstić information content (AvgIpc) is 3.26. The van der Waals surface area contributed by atoms with E-state index in [1.54, 1.807) is 13.1 Å². The minimum absolute atomic E-state index is 0.0794. The molecule has 0 bridgehead atoms. The maximum atomic E-state index is 12.1. The van der Waals surface area contributed by atoms with Gasteiger partial charge in [0.15, 0.2) is 23.9 Å². The van der Waals surface area contributed by atoms with E-state index in [9.17, 15) is 18.0 Å². The molecule has 0 saturated heterocycles. The summed E-state index contributed by atoms with van der Waals surface area (Å²) in [5.41, 5.74) is 0.290. The number of aromatic nitrogens is 2. The standard InChI is InChI=1S/C15H15N3O7S/c1-18-7-11(5-16-18)26(21,22)17-6-15(20)23-8-12(19)10-2-3-13-14(4-10)25-9-24-13/h2-5,7,17H,6,8-9H2,1H3. The van der Waals surface area contributed by atoms with Gasteiger partial charge in [-0.05, 0) is 18.2 Å². The van der Waals surface area contributed by atoms with Crippen molar-refractivity contribution in [2.24, 2.45) is 7.05 Å². The van der Waals surface area contributed by atoms with Crippen LogP contribution in [-0.4, -0.2) is 49.9 Å². The van der Waals surface area contributed by atoms with Crippen molar-refractivity contribution >= 4 is 21.8 Å². The number of aryl methyl sites for hydroxylation is 1. The van der Waals surface area contributed by atoms with Gasteiger partial charge in [-0.25, -0.2) is 8.42 Å². The molecule has 0 amide bonds. The summed E-state index contributed by atoms with van der Waals surface area (Å²) in [5.74, 6) is -0.368. The molecule has 1 aliphatic heterocycles. The molecule has 26 heavy (non-hydrogen) atoms. The highest BCUT2D eigenvalue weighted by molar-refractivity contribution is 7.89. The summed E-state index contributed by atoms with van der Waals surface area (Å²) < 4.78 is 42.4.